The first kappa shape index (κ1) is 10.6. The zero-order valence-corrected chi connectivity index (χ0v) is 8.60. The smallest absolute Gasteiger partial charge is 0.339 e. The second-order valence-corrected chi connectivity index (χ2v) is 3.54. The molecule has 0 saturated carbocycles. The molecule has 2 aromatic rings. The highest BCUT2D eigenvalue weighted by Crippen LogP contribution is 2.30. The van der Waals surface area contributed by atoms with E-state index >= 15 is 0 Å². The van der Waals surface area contributed by atoms with Crippen molar-refractivity contribution in [3.63, 3.8) is 0 Å². The minimum absolute atomic E-state index is 0.143. The van der Waals surface area contributed by atoms with Gasteiger partial charge in [0.15, 0.2) is 17.1 Å². The van der Waals surface area contributed by atoms with Crippen molar-refractivity contribution in [2.24, 2.45) is 0 Å². The fourth-order valence-electron chi connectivity index (χ4n) is 1.49. The summed E-state index contributed by atoms with van der Waals surface area (Å²) in [6, 6.07) is 0.943. The molecule has 84 valence electrons. The van der Waals surface area contributed by atoms with Crippen LogP contribution >= 0.6 is 0 Å². The van der Waals surface area contributed by atoms with Crippen LogP contribution in [0.1, 0.15) is 11.1 Å². The number of hydrogen-bond acceptors (Lipinski definition) is 3. The van der Waals surface area contributed by atoms with Gasteiger partial charge in [0.25, 0.3) is 0 Å². The lowest BCUT2D eigenvalue weighted by atomic mass is 10.1. The second kappa shape index (κ2) is 3.30. The number of rotatable bonds is 0. The minimum Gasteiger partial charge on any atom is -0.503 e. The number of phenols is 1. The van der Waals surface area contributed by atoms with Crippen LogP contribution in [-0.4, -0.2) is 5.11 Å². The Morgan fingerprint density at radius 1 is 1.25 bits per heavy atom. The zero-order valence-electron chi connectivity index (χ0n) is 8.60. The molecule has 1 aromatic carbocycles. The Balaban J connectivity index is 3.08. The molecular weight excluding hydrogens is 218 g/mol. The number of phenolic OH excluding ortho intramolecular Hbond substituents is 1. The lowest BCUT2D eigenvalue weighted by Crippen LogP contribution is -2.06. The van der Waals surface area contributed by atoms with Gasteiger partial charge < -0.3 is 9.52 Å². The zero-order chi connectivity index (χ0) is 12.0. The van der Waals surface area contributed by atoms with Crippen LogP contribution in [0.5, 0.6) is 5.75 Å². The fourth-order valence-corrected chi connectivity index (χ4v) is 1.49. The van der Waals surface area contributed by atoms with Crippen LogP contribution in [0.3, 0.4) is 0 Å². The van der Waals surface area contributed by atoms with Gasteiger partial charge in [0, 0.05) is 10.9 Å². The van der Waals surface area contributed by atoms with Crippen molar-refractivity contribution in [3.05, 3.63) is 39.2 Å². The maximum atomic E-state index is 13.4. The molecule has 16 heavy (non-hydrogen) atoms. The van der Waals surface area contributed by atoms with Gasteiger partial charge in [0.1, 0.15) is 0 Å². The normalized spacial score (nSPS) is 11.0. The molecule has 0 amide bonds. The third-order valence-corrected chi connectivity index (χ3v) is 2.62. The Labute approximate surface area is 88.9 Å². The van der Waals surface area contributed by atoms with E-state index in [0.717, 1.165) is 6.07 Å². The first-order chi connectivity index (χ1) is 7.43. The lowest BCUT2D eigenvalue weighted by Gasteiger charge is -2.06. The Bertz CT molecular complexity index is 644. The monoisotopic (exact) mass is 226 g/mol. The summed E-state index contributed by atoms with van der Waals surface area (Å²) >= 11 is 0. The summed E-state index contributed by atoms with van der Waals surface area (Å²) in [6.45, 7) is 3.06. The molecule has 1 N–H and O–H groups in total. The molecule has 0 saturated heterocycles. The topological polar surface area (TPSA) is 50.4 Å². The van der Waals surface area contributed by atoms with Gasteiger partial charge in [-0.25, -0.2) is 9.18 Å². The third kappa shape index (κ3) is 1.28. The number of fused-ring (bicyclic) bond motifs is 1. The van der Waals surface area contributed by atoms with Gasteiger partial charge in [-0.15, -0.1) is 0 Å². The molecule has 5 heteroatoms. The average molecular weight is 226 g/mol. The molecule has 0 fully saturated rings. The minimum atomic E-state index is -1.25. The highest BCUT2D eigenvalue weighted by molar-refractivity contribution is 5.83. The molecule has 0 bridgehead atoms. The molecule has 0 aliphatic heterocycles. The van der Waals surface area contributed by atoms with Crippen molar-refractivity contribution in [2.75, 3.05) is 0 Å². The third-order valence-electron chi connectivity index (χ3n) is 2.62. The van der Waals surface area contributed by atoms with E-state index in [4.69, 9.17) is 5.11 Å². The average Bonchev–Trinajstić information content (AvgIpc) is 2.25. The SMILES string of the molecule is Cc1c(C)c2cc(F)c(O)c(F)c2oc1=O. The van der Waals surface area contributed by atoms with Gasteiger partial charge in [0.05, 0.1) is 0 Å². The summed E-state index contributed by atoms with van der Waals surface area (Å²) in [5.41, 5.74) is -0.400. The maximum Gasteiger partial charge on any atom is 0.339 e. The van der Waals surface area contributed by atoms with Crippen molar-refractivity contribution in [3.8, 4) is 5.75 Å². The van der Waals surface area contributed by atoms with Crippen molar-refractivity contribution in [2.45, 2.75) is 13.8 Å². The van der Waals surface area contributed by atoms with Crippen LogP contribution in [0, 0.1) is 25.5 Å². The summed E-state index contributed by atoms with van der Waals surface area (Å²) in [5, 5.41) is 9.19. The highest BCUT2D eigenvalue weighted by Gasteiger charge is 2.18. The van der Waals surface area contributed by atoms with Crippen molar-refractivity contribution < 1.29 is 18.3 Å². The van der Waals surface area contributed by atoms with Crippen molar-refractivity contribution in [1.29, 1.82) is 0 Å². The number of halogens is 2. The number of hydrogen-bond donors (Lipinski definition) is 1. The first-order valence-corrected chi connectivity index (χ1v) is 4.54. The maximum absolute atomic E-state index is 13.4. The lowest BCUT2D eigenvalue weighted by molar-refractivity contribution is 0.392. The van der Waals surface area contributed by atoms with Gasteiger partial charge in [-0.1, -0.05) is 0 Å². The van der Waals surface area contributed by atoms with Gasteiger partial charge in [-0.2, -0.15) is 4.39 Å². The Morgan fingerprint density at radius 3 is 2.50 bits per heavy atom. The Kier molecular flexibility index (Phi) is 2.18. The number of aromatic hydroxyl groups is 1. The number of benzene rings is 1. The van der Waals surface area contributed by atoms with Crippen molar-refractivity contribution >= 4 is 11.0 Å². The highest BCUT2D eigenvalue weighted by atomic mass is 19.1. The molecule has 0 aliphatic rings. The molecular formula is C11H8F2O3. The largest absolute Gasteiger partial charge is 0.503 e. The molecule has 0 radical (unpaired) electrons. The molecule has 0 aliphatic carbocycles. The molecule has 0 spiro atoms. The number of aryl methyl sites for hydroxylation is 1. The molecule has 2 rings (SSSR count). The van der Waals surface area contributed by atoms with E-state index in [2.05, 4.69) is 4.42 Å². The molecule has 0 unspecified atom stereocenters. The van der Waals surface area contributed by atoms with Crippen LogP contribution in [0.15, 0.2) is 15.3 Å². The summed E-state index contributed by atoms with van der Waals surface area (Å²) in [7, 11) is 0. The van der Waals surface area contributed by atoms with Gasteiger partial charge in [0.2, 0.25) is 5.82 Å². The summed E-state index contributed by atoms with van der Waals surface area (Å²) in [6.07, 6.45) is 0. The van der Waals surface area contributed by atoms with Crippen LogP contribution in [-0.2, 0) is 0 Å². The quantitative estimate of drug-likeness (QED) is 0.701. The summed E-state index contributed by atoms with van der Waals surface area (Å²) in [5.74, 6) is -3.48. The Hall–Kier alpha value is -1.91. The predicted octanol–water partition coefficient (Wildman–Crippen LogP) is 2.39. The predicted molar refractivity (Wildman–Crippen MR) is 53.5 cm³/mol. The van der Waals surface area contributed by atoms with E-state index in [1.807, 2.05) is 0 Å². The van der Waals surface area contributed by atoms with Crippen LogP contribution < -0.4 is 5.63 Å². The van der Waals surface area contributed by atoms with E-state index < -0.39 is 28.6 Å². The van der Waals surface area contributed by atoms with Crippen LogP contribution in [0.2, 0.25) is 0 Å². The molecule has 0 atom stereocenters. The standard InChI is InChI=1S/C11H8F2O3/c1-4-5(2)11(15)16-10-6(4)3-7(12)9(14)8(10)13/h3,14H,1-2H3. The van der Waals surface area contributed by atoms with Gasteiger partial charge in [-0.05, 0) is 25.5 Å². The molecule has 1 aromatic heterocycles. The fraction of sp³-hybridized carbons (Fsp3) is 0.182. The molecule has 3 nitrogen and oxygen atoms in total. The van der Waals surface area contributed by atoms with E-state index in [-0.39, 0.29) is 10.9 Å². The molecule has 1 heterocycles. The second-order valence-electron chi connectivity index (χ2n) is 3.54. The van der Waals surface area contributed by atoms with E-state index in [0.29, 0.717) is 5.56 Å². The summed E-state index contributed by atoms with van der Waals surface area (Å²) < 4.78 is 31.2. The van der Waals surface area contributed by atoms with E-state index in [9.17, 15) is 13.6 Å². The summed E-state index contributed by atoms with van der Waals surface area (Å²) in [4.78, 5) is 11.3. The van der Waals surface area contributed by atoms with Crippen LogP contribution in [0.25, 0.3) is 11.0 Å². The first-order valence-electron chi connectivity index (χ1n) is 4.54. The van der Waals surface area contributed by atoms with Crippen molar-refractivity contribution in [1.82, 2.24) is 0 Å². The van der Waals surface area contributed by atoms with Crippen LogP contribution in [0.4, 0.5) is 8.78 Å². The van der Waals surface area contributed by atoms with E-state index in [1.165, 1.54) is 6.92 Å². The van der Waals surface area contributed by atoms with Gasteiger partial charge >= 0.3 is 5.63 Å². The van der Waals surface area contributed by atoms with Gasteiger partial charge in [-0.3, -0.25) is 0 Å². The Morgan fingerprint density at radius 2 is 1.88 bits per heavy atom. The van der Waals surface area contributed by atoms with E-state index in [1.54, 1.807) is 6.92 Å².